The monoisotopic (exact) mass is 360 g/mol. The van der Waals surface area contributed by atoms with Crippen LogP contribution in [0.4, 0.5) is 0 Å². The molecule has 1 saturated heterocycles. The Bertz CT molecular complexity index is 391. The maximum atomic E-state index is 12.4. The zero-order valence-electron chi connectivity index (χ0n) is 15.0. The van der Waals surface area contributed by atoms with Crippen molar-refractivity contribution in [1.82, 2.24) is 0 Å². The minimum Gasteiger partial charge on any atom is -0.481 e. The molecule has 6 heteroatoms. The van der Waals surface area contributed by atoms with E-state index in [9.17, 15) is 14.7 Å². The topological polar surface area (TPSA) is 74.6 Å². The van der Waals surface area contributed by atoms with E-state index >= 15 is 0 Å². The molecule has 0 aromatic carbocycles. The van der Waals surface area contributed by atoms with Gasteiger partial charge in [0.2, 0.25) is 0 Å². The number of carboxylic acids is 1. The summed E-state index contributed by atoms with van der Waals surface area (Å²) in [4.78, 5) is 22.9. The summed E-state index contributed by atoms with van der Waals surface area (Å²) < 4.78 is 0.508. The van der Waals surface area contributed by atoms with Gasteiger partial charge in [0.15, 0.2) is 0 Å². The lowest BCUT2D eigenvalue weighted by Gasteiger charge is -2.31. The Balaban J connectivity index is 2.32. The van der Waals surface area contributed by atoms with Gasteiger partial charge in [0, 0.05) is 12.8 Å². The van der Waals surface area contributed by atoms with Crippen LogP contribution in [0.25, 0.3) is 0 Å². The van der Waals surface area contributed by atoms with E-state index in [1.807, 2.05) is 0 Å². The van der Waals surface area contributed by atoms with Crippen LogP contribution in [0.1, 0.15) is 71.1 Å². The number of nitrogens with zero attached hydrogens (tertiary/aromatic N) is 1. The molecule has 0 bridgehead atoms. The smallest absolute Gasteiger partial charge is 0.324 e. The number of aliphatic hydroxyl groups is 1. The maximum Gasteiger partial charge on any atom is 0.324 e. The number of amides is 1. The lowest BCUT2D eigenvalue weighted by atomic mass is 10.1. The van der Waals surface area contributed by atoms with Crippen molar-refractivity contribution in [2.45, 2.75) is 77.2 Å². The fraction of sp³-hybridized carbons (Fsp3) is 0.889. The van der Waals surface area contributed by atoms with Crippen molar-refractivity contribution >= 4 is 23.6 Å². The van der Waals surface area contributed by atoms with E-state index in [4.69, 9.17) is 5.11 Å². The standard InChI is InChI=1S/C18H33NO4S/c1-2-3-6-9-16(20)11-13-19(15-24-14-17(19)21)12-8-5-4-7-10-18(22)23/h16,20H,2-15H2,1H3/p+1. The highest BCUT2D eigenvalue weighted by atomic mass is 32.2. The van der Waals surface area contributed by atoms with Crippen LogP contribution in [0.5, 0.6) is 0 Å². The van der Waals surface area contributed by atoms with Crippen LogP contribution < -0.4 is 0 Å². The molecule has 0 aromatic heterocycles. The predicted octanol–water partition coefficient (Wildman–Crippen LogP) is 3.40. The second kappa shape index (κ2) is 11.9. The number of quaternary nitrogens is 1. The van der Waals surface area contributed by atoms with E-state index in [1.165, 1.54) is 0 Å². The zero-order chi connectivity index (χ0) is 17.8. The second-order valence-electron chi connectivity index (χ2n) is 6.96. The molecule has 5 nitrogen and oxygen atoms in total. The van der Waals surface area contributed by atoms with E-state index < -0.39 is 5.97 Å². The number of unbranched alkanes of at least 4 members (excludes halogenated alkanes) is 5. The molecule has 2 N–H and O–H groups in total. The van der Waals surface area contributed by atoms with Crippen molar-refractivity contribution in [1.29, 1.82) is 0 Å². The van der Waals surface area contributed by atoms with Gasteiger partial charge >= 0.3 is 11.9 Å². The molecule has 0 saturated carbocycles. The van der Waals surface area contributed by atoms with E-state index in [1.54, 1.807) is 11.8 Å². The number of hydrogen-bond donors (Lipinski definition) is 2. The molecular weight excluding hydrogens is 326 g/mol. The van der Waals surface area contributed by atoms with Gasteiger partial charge in [0.05, 0.1) is 19.2 Å². The molecule has 0 radical (unpaired) electrons. The summed E-state index contributed by atoms with van der Waals surface area (Å²) in [6.45, 7) is 3.73. The largest absolute Gasteiger partial charge is 0.481 e. The lowest BCUT2D eigenvalue weighted by molar-refractivity contribution is -0.838. The van der Waals surface area contributed by atoms with Gasteiger partial charge in [-0.3, -0.25) is 9.28 Å². The molecule has 1 fully saturated rings. The van der Waals surface area contributed by atoms with Gasteiger partial charge < -0.3 is 10.2 Å². The summed E-state index contributed by atoms with van der Waals surface area (Å²) >= 11 is 1.70. The fourth-order valence-electron chi connectivity index (χ4n) is 3.22. The summed E-state index contributed by atoms with van der Waals surface area (Å²) in [5.74, 6) is 0.980. The summed E-state index contributed by atoms with van der Waals surface area (Å²) in [5.41, 5.74) is 0. The molecular formula is C18H34NO4S+. The first-order valence-electron chi connectivity index (χ1n) is 9.37. The second-order valence-corrected chi connectivity index (χ2v) is 7.92. The van der Waals surface area contributed by atoms with Crippen LogP contribution in [0.3, 0.4) is 0 Å². The number of aliphatic carboxylic acids is 1. The number of aliphatic hydroxyl groups excluding tert-OH is 1. The Morgan fingerprint density at radius 2 is 1.88 bits per heavy atom. The summed E-state index contributed by atoms with van der Waals surface area (Å²) in [7, 11) is 0. The number of hydrogen-bond acceptors (Lipinski definition) is 4. The number of carbonyl (C=O) groups is 2. The third kappa shape index (κ3) is 7.99. The minimum atomic E-state index is -0.735. The Morgan fingerprint density at radius 3 is 2.50 bits per heavy atom. The highest BCUT2D eigenvalue weighted by Gasteiger charge is 2.41. The Labute approximate surface area is 150 Å². The number of rotatable bonds is 14. The van der Waals surface area contributed by atoms with Gasteiger partial charge in [-0.1, -0.05) is 44.4 Å². The van der Waals surface area contributed by atoms with Crippen LogP contribution in [0, 0.1) is 0 Å². The average Bonchev–Trinajstić information content (AvgIpc) is 2.90. The van der Waals surface area contributed by atoms with Crippen LogP contribution in [-0.2, 0) is 9.59 Å². The van der Waals surface area contributed by atoms with Gasteiger partial charge in [-0.25, -0.2) is 4.79 Å². The van der Waals surface area contributed by atoms with Crippen molar-refractivity contribution in [3.05, 3.63) is 0 Å². The van der Waals surface area contributed by atoms with Crippen LogP contribution in [0.2, 0.25) is 0 Å². The molecule has 1 aliphatic heterocycles. The van der Waals surface area contributed by atoms with Crippen molar-refractivity contribution in [2.24, 2.45) is 0 Å². The van der Waals surface area contributed by atoms with Gasteiger partial charge in [-0.15, -0.1) is 0 Å². The molecule has 1 rings (SSSR count). The number of carboxylic acid groups (broad SMARTS) is 1. The van der Waals surface area contributed by atoms with E-state index in [0.29, 0.717) is 29.0 Å². The van der Waals surface area contributed by atoms with Gasteiger partial charge in [0.25, 0.3) is 0 Å². The summed E-state index contributed by atoms with van der Waals surface area (Å²) in [6, 6.07) is 0. The van der Waals surface area contributed by atoms with Gasteiger partial charge in [0.1, 0.15) is 11.6 Å². The average molecular weight is 361 g/mol. The molecule has 1 aliphatic rings. The molecule has 2 atom stereocenters. The molecule has 1 heterocycles. The zero-order valence-corrected chi connectivity index (χ0v) is 15.9. The maximum absolute atomic E-state index is 12.4. The lowest BCUT2D eigenvalue weighted by Crippen LogP contribution is -2.51. The van der Waals surface area contributed by atoms with Crippen molar-refractivity contribution in [3.8, 4) is 0 Å². The molecule has 0 aliphatic carbocycles. The highest BCUT2D eigenvalue weighted by molar-refractivity contribution is 8.00. The first-order valence-corrected chi connectivity index (χ1v) is 10.5. The minimum absolute atomic E-state index is 0.235. The SMILES string of the molecule is CCCCCC(O)CC[N+]1(CCCCCCC(=O)O)CSCC1=O. The highest BCUT2D eigenvalue weighted by Crippen LogP contribution is 2.27. The van der Waals surface area contributed by atoms with E-state index in [-0.39, 0.29) is 12.5 Å². The van der Waals surface area contributed by atoms with E-state index in [0.717, 1.165) is 63.9 Å². The Morgan fingerprint density at radius 1 is 1.12 bits per heavy atom. The number of thioether (sulfide) groups is 1. The van der Waals surface area contributed by atoms with Crippen molar-refractivity contribution < 1.29 is 24.3 Å². The molecule has 140 valence electrons. The molecule has 2 unspecified atom stereocenters. The normalized spacial score (nSPS) is 22.0. The van der Waals surface area contributed by atoms with Crippen molar-refractivity contribution in [2.75, 3.05) is 24.7 Å². The van der Waals surface area contributed by atoms with Gasteiger partial charge in [-0.05, 0) is 25.7 Å². The third-order valence-corrected chi connectivity index (χ3v) is 5.98. The third-order valence-electron chi connectivity index (χ3n) is 4.85. The Hall–Kier alpha value is -0.590. The van der Waals surface area contributed by atoms with E-state index in [2.05, 4.69) is 6.92 Å². The van der Waals surface area contributed by atoms with Crippen LogP contribution >= 0.6 is 11.8 Å². The van der Waals surface area contributed by atoms with Crippen molar-refractivity contribution in [3.63, 3.8) is 0 Å². The van der Waals surface area contributed by atoms with Crippen LogP contribution in [0.15, 0.2) is 0 Å². The van der Waals surface area contributed by atoms with Gasteiger partial charge in [-0.2, -0.15) is 0 Å². The molecule has 24 heavy (non-hydrogen) atoms. The number of carbonyl (C=O) groups excluding carboxylic acids is 1. The first-order chi connectivity index (χ1) is 11.5. The quantitative estimate of drug-likeness (QED) is 0.367. The predicted molar refractivity (Wildman–Crippen MR) is 97.8 cm³/mol. The summed E-state index contributed by atoms with van der Waals surface area (Å²) in [6.07, 6.45) is 8.41. The Kier molecular flexibility index (Phi) is 10.6. The molecule has 0 aromatic rings. The fourth-order valence-corrected chi connectivity index (χ4v) is 4.51. The first kappa shape index (κ1) is 21.5. The molecule has 1 amide bonds. The van der Waals surface area contributed by atoms with Crippen LogP contribution in [-0.4, -0.2) is 57.4 Å². The molecule has 0 spiro atoms. The summed E-state index contributed by atoms with van der Waals surface area (Å²) in [5, 5.41) is 18.8.